The predicted octanol–water partition coefficient (Wildman–Crippen LogP) is 0.464. The molecule has 0 amide bonds. The van der Waals surface area contributed by atoms with Gasteiger partial charge in [0.1, 0.15) is 16.7 Å². The average molecular weight is 227 g/mol. The number of aromatic nitrogens is 1. The van der Waals surface area contributed by atoms with E-state index in [1.54, 1.807) is 0 Å². The summed E-state index contributed by atoms with van der Waals surface area (Å²) in [4.78, 5) is 0. The monoisotopic (exact) mass is 227 g/mol. The van der Waals surface area contributed by atoms with Crippen LogP contribution in [0.15, 0.2) is 43.2 Å². The van der Waals surface area contributed by atoms with Crippen LogP contribution >= 0.6 is 0 Å². The van der Waals surface area contributed by atoms with Crippen LogP contribution in [-0.4, -0.2) is 18.2 Å². The van der Waals surface area contributed by atoms with Crippen LogP contribution in [-0.2, 0) is 16.7 Å². The summed E-state index contributed by atoms with van der Waals surface area (Å²) in [5.74, 6) is 0. The fraction of sp³-hybridized carbons (Fsp3) is 0.300. The summed E-state index contributed by atoms with van der Waals surface area (Å²) >= 11 is 0. The third-order valence-corrected chi connectivity index (χ3v) is 3.25. The molecular formula is C10H13NO3S. The zero-order chi connectivity index (χ0) is 11.3. The maximum Gasteiger partial charge on any atom is 0.168 e. The first-order valence-corrected chi connectivity index (χ1v) is 6.02. The molecule has 1 rings (SSSR count). The SMILES string of the molecule is C=CC(CC[n+]1ccccc1)S(=O)(=O)[O-]. The Morgan fingerprint density at radius 1 is 1.33 bits per heavy atom. The Morgan fingerprint density at radius 2 is 1.93 bits per heavy atom. The smallest absolute Gasteiger partial charge is 0.168 e. The largest absolute Gasteiger partial charge is 0.747 e. The van der Waals surface area contributed by atoms with E-state index < -0.39 is 15.4 Å². The number of hydrogen-bond donors (Lipinski definition) is 0. The zero-order valence-corrected chi connectivity index (χ0v) is 9.06. The van der Waals surface area contributed by atoms with Crippen molar-refractivity contribution in [1.29, 1.82) is 0 Å². The van der Waals surface area contributed by atoms with Crippen molar-refractivity contribution in [2.24, 2.45) is 0 Å². The molecule has 1 unspecified atom stereocenters. The van der Waals surface area contributed by atoms with Gasteiger partial charge >= 0.3 is 0 Å². The molecule has 0 saturated heterocycles. The Bertz CT molecular complexity index is 414. The molecule has 0 aliphatic carbocycles. The molecule has 0 aliphatic heterocycles. The van der Waals surface area contributed by atoms with Crippen molar-refractivity contribution in [1.82, 2.24) is 0 Å². The van der Waals surface area contributed by atoms with E-state index in [1.165, 1.54) is 6.08 Å². The molecule has 5 heteroatoms. The highest BCUT2D eigenvalue weighted by Crippen LogP contribution is 2.04. The van der Waals surface area contributed by atoms with Crippen molar-refractivity contribution in [2.45, 2.75) is 18.2 Å². The van der Waals surface area contributed by atoms with Gasteiger partial charge < -0.3 is 4.55 Å². The second-order valence-electron chi connectivity index (χ2n) is 3.17. The maximum atomic E-state index is 10.7. The second kappa shape index (κ2) is 5.04. The first kappa shape index (κ1) is 11.9. The number of rotatable bonds is 5. The van der Waals surface area contributed by atoms with Crippen LogP contribution in [0, 0.1) is 0 Å². The molecule has 0 aliphatic rings. The van der Waals surface area contributed by atoms with Crippen molar-refractivity contribution in [3.63, 3.8) is 0 Å². The van der Waals surface area contributed by atoms with E-state index in [2.05, 4.69) is 6.58 Å². The Hall–Kier alpha value is -1.20. The minimum Gasteiger partial charge on any atom is -0.747 e. The average Bonchev–Trinajstić information content (AvgIpc) is 2.18. The molecule has 0 saturated carbocycles. The first-order valence-electron chi connectivity index (χ1n) is 4.55. The van der Waals surface area contributed by atoms with Crippen LogP contribution < -0.4 is 4.57 Å². The van der Waals surface area contributed by atoms with Crippen molar-refractivity contribution < 1.29 is 17.5 Å². The summed E-state index contributed by atoms with van der Waals surface area (Å²) in [6.07, 6.45) is 5.07. The molecule has 15 heavy (non-hydrogen) atoms. The summed E-state index contributed by atoms with van der Waals surface area (Å²) in [5, 5.41) is -1.01. The molecule has 4 nitrogen and oxygen atoms in total. The quantitative estimate of drug-likeness (QED) is 0.417. The highest BCUT2D eigenvalue weighted by molar-refractivity contribution is 7.86. The van der Waals surface area contributed by atoms with Crippen molar-refractivity contribution in [3.05, 3.63) is 43.2 Å². The van der Waals surface area contributed by atoms with Crippen molar-refractivity contribution >= 4 is 10.1 Å². The van der Waals surface area contributed by atoms with Crippen LogP contribution in [0.2, 0.25) is 0 Å². The molecule has 1 atom stereocenters. The zero-order valence-electron chi connectivity index (χ0n) is 8.24. The lowest BCUT2D eigenvalue weighted by Crippen LogP contribution is -2.35. The van der Waals surface area contributed by atoms with Gasteiger partial charge in [0.05, 0.1) is 5.25 Å². The van der Waals surface area contributed by atoms with E-state index in [1.807, 2.05) is 35.2 Å². The van der Waals surface area contributed by atoms with Gasteiger partial charge in [0.2, 0.25) is 0 Å². The lowest BCUT2D eigenvalue weighted by atomic mass is 10.3. The van der Waals surface area contributed by atoms with Crippen molar-refractivity contribution in [2.75, 3.05) is 0 Å². The van der Waals surface area contributed by atoms with E-state index in [-0.39, 0.29) is 6.42 Å². The number of pyridine rings is 1. The topological polar surface area (TPSA) is 61.1 Å². The first-order chi connectivity index (χ1) is 7.04. The van der Waals surface area contributed by atoms with Crippen molar-refractivity contribution in [3.8, 4) is 0 Å². The van der Waals surface area contributed by atoms with Gasteiger partial charge in [-0.2, -0.15) is 0 Å². The molecule has 0 aromatic carbocycles. The normalized spacial score (nSPS) is 13.4. The van der Waals surface area contributed by atoms with Gasteiger partial charge in [-0.15, -0.1) is 6.58 Å². The molecule has 82 valence electrons. The van der Waals surface area contributed by atoms with Gasteiger partial charge in [0.25, 0.3) is 0 Å². The van der Waals surface area contributed by atoms with Crippen LogP contribution in [0.5, 0.6) is 0 Å². The second-order valence-corrected chi connectivity index (χ2v) is 4.76. The summed E-state index contributed by atoms with van der Waals surface area (Å²) in [6.45, 7) is 3.84. The molecule has 0 radical (unpaired) electrons. The Balaban J connectivity index is 2.60. The number of nitrogens with zero attached hydrogens (tertiary/aromatic N) is 1. The lowest BCUT2D eigenvalue weighted by Gasteiger charge is -2.14. The molecule has 0 spiro atoms. The highest BCUT2D eigenvalue weighted by Gasteiger charge is 2.13. The van der Waals surface area contributed by atoms with Gasteiger partial charge in [0.15, 0.2) is 12.4 Å². The fourth-order valence-electron chi connectivity index (χ4n) is 1.24. The Kier molecular flexibility index (Phi) is 3.99. The molecule has 0 N–H and O–H groups in total. The summed E-state index contributed by atoms with van der Waals surface area (Å²) in [5.41, 5.74) is 0. The molecule has 1 aromatic heterocycles. The molecule has 0 bridgehead atoms. The Labute approximate surface area is 89.6 Å². The van der Waals surface area contributed by atoms with E-state index in [4.69, 9.17) is 0 Å². The van der Waals surface area contributed by atoms with Gasteiger partial charge in [-0.05, 0) is 0 Å². The summed E-state index contributed by atoms with van der Waals surface area (Å²) in [7, 11) is -4.27. The van der Waals surface area contributed by atoms with Crippen LogP contribution in [0.4, 0.5) is 0 Å². The standard InChI is InChI=1S/C10H13NO3S/c1-2-10(15(12,13)14)6-9-11-7-4-3-5-8-11/h2-5,7-8,10H,1,6,9H2. The third-order valence-electron chi connectivity index (χ3n) is 2.08. The number of hydrogen-bond acceptors (Lipinski definition) is 3. The predicted molar refractivity (Wildman–Crippen MR) is 54.9 cm³/mol. The van der Waals surface area contributed by atoms with Gasteiger partial charge in [-0.3, -0.25) is 0 Å². The van der Waals surface area contributed by atoms with Gasteiger partial charge in [-0.1, -0.05) is 12.1 Å². The summed E-state index contributed by atoms with van der Waals surface area (Å²) in [6, 6.07) is 5.55. The van der Waals surface area contributed by atoms with E-state index in [0.29, 0.717) is 6.54 Å². The molecular weight excluding hydrogens is 214 g/mol. The van der Waals surface area contributed by atoms with Crippen LogP contribution in [0.1, 0.15) is 6.42 Å². The summed E-state index contributed by atoms with van der Waals surface area (Å²) < 4.78 is 34.1. The van der Waals surface area contributed by atoms with Crippen LogP contribution in [0.25, 0.3) is 0 Å². The third kappa shape index (κ3) is 3.81. The van der Waals surface area contributed by atoms with E-state index in [0.717, 1.165) is 0 Å². The molecule has 1 aromatic rings. The van der Waals surface area contributed by atoms with Crippen LogP contribution in [0.3, 0.4) is 0 Å². The minimum absolute atomic E-state index is 0.254. The Morgan fingerprint density at radius 3 is 2.40 bits per heavy atom. The minimum atomic E-state index is -4.27. The van der Waals surface area contributed by atoms with Gasteiger partial charge in [-0.25, -0.2) is 13.0 Å². The number of aryl methyl sites for hydroxylation is 1. The van der Waals surface area contributed by atoms with E-state index >= 15 is 0 Å². The maximum absolute atomic E-state index is 10.7. The molecule has 1 heterocycles. The molecule has 0 fully saturated rings. The van der Waals surface area contributed by atoms with Gasteiger partial charge in [0, 0.05) is 18.6 Å². The lowest BCUT2D eigenvalue weighted by molar-refractivity contribution is -0.697. The fourth-order valence-corrected chi connectivity index (χ4v) is 1.87. The highest BCUT2D eigenvalue weighted by atomic mass is 32.2. The van der Waals surface area contributed by atoms with E-state index in [9.17, 15) is 13.0 Å².